The van der Waals surface area contributed by atoms with Gasteiger partial charge in [0.1, 0.15) is 5.75 Å². The highest BCUT2D eigenvalue weighted by molar-refractivity contribution is 8.00. The minimum absolute atomic E-state index is 0.0495. The molecule has 0 saturated carbocycles. The summed E-state index contributed by atoms with van der Waals surface area (Å²) in [5, 5.41) is 11.6. The number of nitro benzene ring substituents is 1. The Balaban J connectivity index is 2.25. The molecule has 0 aliphatic carbocycles. The quantitative estimate of drug-likeness (QED) is 0.610. The van der Waals surface area contributed by atoms with Gasteiger partial charge >= 0.3 is 0 Å². The van der Waals surface area contributed by atoms with Gasteiger partial charge in [-0.1, -0.05) is 6.92 Å². The van der Waals surface area contributed by atoms with Gasteiger partial charge in [0.05, 0.1) is 11.0 Å². The van der Waals surface area contributed by atoms with E-state index in [1.54, 1.807) is 12.1 Å². The van der Waals surface area contributed by atoms with Crippen molar-refractivity contribution in [3.63, 3.8) is 0 Å². The van der Waals surface area contributed by atoms with Crippen molar-refractivity contribution in [1.29, 1.82) is 0 Å². The smallest absolute Gasteiger partial charge is 0.270 e. The monoisotopic (exact) mass is 324 g/mol. The van der Waals surface area contributed by atoms with Crippen LogP contribution in [-0.2, 0) is 6.54 Å². The maximum atomic E-state index is 11.0. The fourth-order valence-corrected chi connectivity index (χ4v) is 3.77. The third kappa shape index (κ3) is 4.14. The molecular weight excluding hydrogens is 300 g/mol. The largest absolute Gasteiger partial charge is 0.491 e. The topological polar surface area (TPSA) is 55.6 Å². The molecule has 1 saturated heterocycles. The number of benzene rings is 1. The summed E-state index contributed by atoms with van der Waals surface area (Å²) in [6, 6.07) is 5.33. The Kier molecular flexibility index (Phi) is 5.69. The maximum absolute atomic E-state index is 11.0. The molecule has 0 amide bonds. The lowest BCUT2D eigenvalue weighted by molar-refractivity contribution is -0.385. The molecule has 0 radical (unpaired) electrons. The first-order valence-electron chi connectivity index (χ1n) is 7.68. The highest BCUT2D eigenvalue weighted by atomic mass is 32.2. The minimum Gasteiger partial charge on any atom is -0.491 e. The molecule has 1 heterocycles. The van der Waals surface area contributed by atoms with Crippen molar-refractivity contribution in [2.24, 2.45) is 0 Å². The van der Waals surface area contributed by atoms with E-state index in [1.165, 1.54) is 6.07 Å². The third-order valence-electron chi connectivity index (χ3n) is 4.01. The van der Waals surface area contributed by atoms with E-state index in [1.807, 2.05) is 25.6 Å². The molecule has 1 aliphatic rings. The van der Waals surface area contributed by atoms with Crippen molar-refractivity contribution < 1.29 is 9.66 Å². The second-order valence-electron chi connectivity index (χ2n) is 6.00. The Labute approximate surface area is 136 Å². The number of hydrogen-bond donors (Lipinski definition) is 0. The zero-order chi connectivity index (χ0) is 16.3. The number of nitrogens with zero attached hydrogens (tertiary/aromatic N) is 2. The van der Waals surface area contributed by atoms with Crippen LogP contribution in [0, 0.1) is 10.1 Å². The van der Waals surface area contributed by atoms with Crippen LogP contribution in [0.3, 0.4) is 0 Å². The predicted molar refractivity (Wildman–Crippen MR) is 90.7 cm³/mol. The normalized spacial score (nSPS) is 22.8. The second kappa shape index (κ2) is 7.33. The van der Waals surface area contributed by atoms with Gasteiger partial charge < -0.3 is 4.74 Å². The summed E-state index contributed by atoms with van der Waals surface area (Å²) in [5.74, 6) is 1.85. The van der Waals surface area contributed by atoms with E-state index < -0.39 is 0 Å². The Morgan fingerprint density at radius 3 is 2.82 bits per heavy atom. The molecule has 1 aromatic rings. The third-order valence-corrected chi connectivity index (χ3v) is 5.34. The van der Waals surface area contributed by atoms with Gasteiger partial charge in [0.2, 0.25) is 0 Å². The maximum Gasteiger partial charge on any atom is 0.270 e. The van der Waals surface area contributed by atoms with Gasteiger partial charge in [0.25, 0.3) is 5.69 Å². The molecule has 2 atom stereocenters. The lowest BCUT2D eigenvalue weighted by Gasteiger charge is -2.37. The highest BCUT2D eigenvalue weighted by Gasteiger charge is 2.26. The molecule has 6 heteroatoms. The molecule has 0 aromatic heterocycles. The Morgan fingerprint density at radius 2 is 2.18 bits per heavy atom. The fraction of sp³-hybridized carbons (Fsp3) is 0.625. The van der Waals surface area contributed by atoms with Gasteiger partial charge in [0.15, 0.2) is 0 Å². The summed E-state index contributed by atoms with van der Waals surface area (Å²) in [7, 11) is 0. The van der Waals surface area contributed by atoms with Gasteiger partial charge in [0, 0.05) is 47.8 Å². The zero-order valence-electron chi connectivity index (χ0n) is 13.6. The molecule has 5 nitrogen and oxygen atoms in total. The first kappa shape index (κ1) is 17.1. The van der Waals surface area contributed by atoms with Gasteiger partial charge in [-0.05, 0) is 26.8 Å². The summed E-state index contributed by atoms with van der Waals surface area (Å²) in [4.78, 5) is 13.1. The summed E-state index contributed by atoms with van der Waals surface area (Å²) in [5.41, 5.74) is 1.02. The van der Waals surface area contributed by atoms with E-state index in [0.717, 1.165) is 23.6 Å². The molecule has 122 valence electrons. The number of rotatable bonds is 5. The van der Waals surface area contributed by atoms with Crippen molar-refractivity contribution in [3.05, 3.63) is 33.9 Å². The SMILES string of the molecule is CC(C)Oc1ccc([N+](=O)[O-])cc1CN1CCSC(C)C1C. The average Bonchev–Trinajstić information content (AvgIpc) is 2.45. The predicted octanol–water partition coefficient (Wildman–Crippen LogP) is 3.71. The second-order valence-corrected chi connectivity index (χ2v) is 7.49. The number of non-ortho nitro benzene ring substituents is 1. The van der Waals surface area contributed by atoms with Crippen LogP contribution in [0.1, 0.15) is 33.3 Å². The average molecular weight is 324 g/mol. The Bertz CT molecular complexity index is 536. The van der Waals surface area contributed by atoms with Crippen LogP contribution < -0.4 is 4.74 Å². The van der Waals surface area contributed by atoms with E-state index in [0.29, 0.717) is 17.8 Å². The van der Waals surface area contributed by atoms with E-state index in [2.05, 4.69) is 18.7 Å². The fourth-order valence-electron chi connectivity index (χ4n) is 2.61. The molecular formula is C16H24N2O3S. The van der Waals surface area contributed by atoms with Crippen molar-refractivity contribution in [2.75, 3.05) is 12.3 Å². The molecule has 0 bridgehead atoms. The van der Waals surface area contributed by atoms with Crippen LogP contribution in [-0.4, -0.2) is 39.5 Å². The molecule has 2 rings (SSSR count). The number of thioether (sulfide) groups is 1. The summed E-state index contributed by atoms with van der Waals surface area (Å²) >= 11 is 1.98. The van der Waals surface area contributed by atoms with Crippen LogP contribution in [0.25, 0.3) is 0 Å². The molecule has 0 N–H and O–H groups in total. The lowest BCUT2D eigenvalue weighted by Crippen LogP contribution is -2.44. The van der Waals surface area contributed by atoms with E-state index in [4.69, 9.17) is 4.74 Å². The first-order chi connectivity index (χ1) is 10.4. The number of hydrogen-bond acceptors (Lipinski definition) is 5. The van der Waals surface area contributed by atoms with E-state index >= 15 is 0 Å². The van der Waals surface area contributed by atoms with Gasteiger partial charge in [-0.2, -0.15) is 11.8 Å². The summed E-state index contributed by atoms with van der Waals surface area (Å²) < 4.78 is 5.83. The number of ether oxygens (including phenoxy) is 1. The molecule has 1 fully saturated rings. The van der Waals surface area contributed by atoms with Crippen molar-refractivity contribution in [2.45, 2.75) is 51.6 Å². The molecule has 22 heavy (non-hydrogen) atoms. The standard InChI is InChI=1S/C16H24N2O3S/c1-11(2)21-16-6-5-15(18(19)20)9-14(16)10-17-7-8-22-13(4)12(17)3/h5-6,9,11-13H,7-8,10H2,1-4H3. The van der Waals surface area contributed by atoms with Gasteiger partial charge in [-0.25, -0.2) is 0 Å². The van der Waals surface area contributed by atoms with Crippen LogP contribution in [0.2, 0.25) is 0 Å². The molecule has 1 aromatic carbocycles. The van der Waals surface area contributed by atoms with Gasteiger partial charge in [-0.3, -0.25) is 15.0 Å². The molecule has 0 spiro atoms. The Hall–Kier alpha value is -1.27. The van der Waals surface area contributed by atoms with Crippen LogP contribution in [0.15, 0.2) is 18.2 Å². The van der Waals surface area contributed by atoms with Gasteiger partial charge in [-0.15, -0.1) is 0 Å². The first-order valence-corrected chi connectivity index (χ1v) is 8.73. The lowest BCUT2D eigenvalue weighted by atomic mass is 10.1. The van der Waals surface area contributed by atoms with Crippen molar-refractivity contribution in [3.8, 4) is 5.75 Å². The molecule has 1 aliphatic heterocycles. The van der Waals surface area contributed by atoms with E-state index in [-0.39, 0.29) is 16.7 Å². The molecule has 2 unspecified atom stereocenters. The van der Waals surface area contributed by atoms with Crippen LogP contribution >= 0.6 is 11.8 Å². The Morgan fingerprint density at radius 1 is 1.45 bits per heavy atom. The van der Waals surface area contributed by atoms with Crippen LogP contribution in [0.4, 0.5) is 5.69 Å². The number of nitro groups is 1. The van der Waals surface area contributed by atoms with Crippen molar-refractivity contribution >= 4 is 17.4 Å². The van der Waals surface area contributed by atoms with Crippen LogP contribution in [0.5, 0.6) is 5.75 Å². The minimum atomic E-state index is -0.346. The summed E-state index contributed by atoms with van der Waals surface area (Å²) in [6.07, 6.45) is 0.0495. The zero-order valence-corrected chi connectivity index (χ0v) is 14.4. The van der Waals surface area contributed by atoms with Crippen molar-refractivity contribution in [1.82, 2.24) is 4.90 Å². The highest BCUT2D eigenvalue weighted by Crippen LogP contribution is 2.30. The summed E-state index contributed by atoms with van der Waals surface area (Å²) in [6.45, 7) is 10.1. The van der Waals surface area contributed by atoms with E-state index in [9.17, 15) is 10.1 Å².